The lowest BCUT2D eigenvalue weighted by molar-refractivity contribution is -0.131. The number of pyridine rings is 2. The van der Waals surface area contributed by atoms with Crippen molar-refractivity contribution in [2.45, 2.75) is 26.3 Å². The van der Waals surface area contributed by atoms with Gasteiger partial charge in [-0.25, -0.2) is 4.98 Å². The quantitative estimate of drug-likeness (QED) is 0.486. The van der Waals surface area contributed by atoms with Crippen LogP contribution in [0.3, 0.4) is 0 Å². The zero-order valence-corrected chi connectivity index (χ0v) is 16.5. The highest BCUT2D eigenvalue weighted by Crippen LogP contribution is 2.13. The molecule has 0 atom stereocenters. The van der Waals surface area contributed by atoms with Crippen LogP contribution in [0.1, 0.15) is 22.5 Å². The Morgan fingerprint density at radius 3 is 2.59 bits per heavy atom. The third-order valence-electron chi connectivity index (χ3n) is 4.99. The van der Waals surface area contributed by atoms with Crippen molar-refractivity contribution in [1.82, 2.24) is 19.3 Å². The highest BCUT2D eigenvalue weighted by Gasteiger charge is 2.17. The van der Waals surface area contributed by atoms with E-state index in [0.717, 1.165) is 34.6 Å². The molecule has 0 radical (unpaired) electrons. The molecule has 4 rings (SSSR count). The van der Waals surface area contributed by atoms with Crippen LogP contribution in [0, 0.1) is 6.92 Å². The number of hydrogen-bond donors (Lipinski definition) is 0. The van der Waals surface area contributed by atoms with Gasteiger partial charge in [0.2, 0.25) is 5.91 Å². The average molecular weight is 384 g/mol. The summed E-state index contributed by atoms with van der Waals surface area (Å²) in [6.45, 7) is 3.23. The van der Waals surface area contributed by atoms with Crippen LogP contribution in [0.2, 0.25) is 0 Å². The molecular weight excluding hydrogens is 360 g/mol. The van der Waals surface area contributed by atoms with E-state index in [0.29, 0.717) is 13.1 Å². The van der Waals surface area contributed by atoms with Gasteiger partial charge in [-0.2, -0.15) is 0 Å². The van der Waals surface area contributed by atoms with Crippen molar-refractivity contribution in [1.29, 1.82) is 0 Å². The molecule has 146 valence electrons. The number of imidazole rings is 1. The number of hydrogen-bond acceptors (Lipinski definition) is 3. The molecule has 29 heavy (non-hydrogen) atoms. The van der Waals surface area contributed by atoms with Gasteiger partial charge in [0, 0.05) is 43.8 Å². The molecule has 0 fully saturated rings. The van der Waals surface area contributed by atoms with E-state index in [9.17, 15) is 4.79 Å². The molecule has 3 aromatic heterocycles. The molecule has 0 saturated heterocycles. The number of nitrogens with zero attached hydrogens (tertiary/aromatic N) is 4. The molecule has 4 aromatic rings. The number of aromatic nitrogens is 3. The van der Waals surface area contributed by atoms with Crippen LogP contribution in [0.5, 0.6) is 0 Å². The molecule has 0 unspecified atom stereocenters. The number of aryl methyl sites for hydroxylation is 1. The maximum atomic E-state index is 13.2. The maximum absolute atomic E-state index is 13.2. The van der Waals surface area contributed by atoms with E-state index in [1.54, 1.807) is 6.20 Å². The first-order valence-corrected chi connectivity index (χ1v) is 9.84. The fourth-order valence-corrected chi connectivity index (χ4v) is 3.45. The predicted octanol–water partition coefficient (Wildman–Crippen LogP) is 3.85. The lowest BCUT2D eigenvalue weighted by atomic mass is 10.1. The first-order chi connectivity index (χ1) is 14.2. The van der Waals surface area contributed by atoms with Gasteiger partial charge >= 0.3 is 0 Å². The molecule has 0 bridgehead atoms. The smallest absolute Gasteiger partial charge is 0.228 e. The van der Waals surface area contributed by atoms with Gasteiger partial charge in [0.05, 0.1) is 12.1 Å². The van der Waals surface area contributed by atoms with Crippen LogP contribution >= 0.6 is 0 Å². The van der Waals surface area contributed by atoms with Crippen LogP contribution in [0.4, 0.5) is 0 Å². The van der Waals surface area contributed by atoms with Crippen LogP contribution < -0.4 is 0 Å². The van der Waals surface area contributed by atoms with Crippen molar-refractivity contribution in [2.24, 2.45) is 0 Å². The van der Waals surface area contributed by atoms with E-state index in [2.05, 4.69) is 22.1 Å². The van der Waals surface area contributed by atoms with Crippen molar-refractivity contribution in [3.8, 4) is 0 Å². The van der Waals surface area contributed by atoms with E-state index >= 15 is 0 Å². The molecule has 5 nitrogen and oxygen atoms in total. The Labute approximate surface area is 170 Å². The Balaban J connectivity index is 1.51. The van der Waals surface area contributed by atoms with E-state index in [-0.39, 0.29) is 12.3 Å². The Morgan fingerprint density at radius 1 is 1.00 bits per heavy atom. The van der Waals surface area contributed by atoms with Crippen LogP contribution in [0.15, 0.2) is 79.3 Å². The van der Waals surface area contributed by atoms with Gasteiger partial charge in [-0.15, -0.1) is 0 Å². The molecular formula is C24H24N4O. The number of carbonyl (C=O) groups excluding carboxylic acids is 1. The largest absolute Gasteiger partial charge is 0.338 e. The standard InChI is InChI=1S/C24H24N4O/c1-19-8-7-14-28-18-22(26-24(19)28)16-23(29)27(17-20-9-3-2-4-10-20)15-12-21-11-5-6-13-25-21/h2-11,13-14,18H,12,15-17H2,1H3. The topological polar surface area (TPSA) is 50.5 Å². The van der Waals surface area contributed by atoms with Gasteiger partial charge in [-0.05, 0) is 36.2 Å². The van der Waals surface area contributed by atoms with Gasteiger partial charge in [-0.3, -0.25) is 9.78 Å². The lowest BCUT2D eigenvalue weighted by Gasteiger charge is -2.22. The summed E-state index contributed by atoms with van der Waals surface area (Å²) in [7, 11) is 0. The number of benzene rings is 1. The molecule has 3 heterocycles. The normalized spacial score (nSPS) is 10.9. The van der Waals surface area contributed by atoms with Crippen molar-refractivity contribution < 1.29 is 4.79 Å². The van der Waals surface area contributed by atoms with E-state index in [1.807, 2.05) is 77.1 Å². The van der Waals surface area contributed by atoms with Crippen molar-refractivity contribution in [2.75, 3.05) is 6.54 Å². The minimum atomic E-state index is 0.0749. The minimum absolute atomic E-state index is 0.0749. The second kappa shape index (κ2) is 8.69. The van der Waals surface area contributed by atoms with Crippen LogP contribution in [0.25, 0.3) is 5.65 Å². The van der Waals surface area contributed by atoms with Gasteiger partial charge in [0.15, 0.2) is 0 Å². The second-order valence-corrected chi connectivity index (χ2v) is 7.20. The number of carbonyl (C=O) groups is 1. The first kappa shape index (κ1) is 18.9. The summed E-state index contributed by atoms with van der Waals surface area (Å²) >= 11 is 0. The highest BCUT2D eigenvalue weighted by molar-refractivity contribution is 5.78. The number of amides is 1. The summed E-state index contributed by atoms with van der Waals surface area (Å²) < 4.78 is 1.98. The third kappa shape index (κ3) is 4.69. The zero-order valence-electron chi connectivity index (χ0n) is 16.5. The van der Waals surface area contributed by atoms with E-state index in [4.69, 9.17) is 0 Å². The Kier molecular flexibility index (Phi) is 5.66. The summed E-state index contributed by atoms with van der Waals surface area (Å²) in [5.41, 5.74) is 4.90. The predicted molar refractivity (Wildman–Crippen MR) is 113 cm³/mol. The minimum Gasteiger partial charge on any atom is -0.338 e. The number of fused-ring (bicyclic) bond motifs is 1. The van der Waals surface area contributed by atoms with E-state index < -0.39 is 0 Å². The molecule has 0 aliphatic heterocycles. The molecule has 0 N–H and O–H groups in total. The molecule has 1 amide bonds. The van der Waals surface area contributed by atoms with Crippen LogP contribution in [-0.2, 0) is 24.2 Å². The highest BCUT2D eigenvalue weighted by atomic mass is 16.2. The van der Waals surface area contributed by atoms with Crippen molar-refractivity contribution in [3.05, 3.63) is 102 Å². The van der Waals surface area contributed by atoms with Gasteiger partial charge in [0.1, 0.15) is 5.65 Å². The summed E-state index contributed by atoms with van der Waals surface area (Å²) in [5, 5.41) is 0. The maximum Gasteiger partial charge on any atom is 0.228 e. The fraction of sp³-hybridized carbons (Fsp3) is 0.208. The summed E-state index contributed by atoms with van der Waals surface area (Å²) in [6, 6.07) is 20.0. The van der Waals surface area contributed by atoms with Gasteiger partial charge in [0.25, 0.3) is 0 Å². The molecule has 0 aliphatic carbocycles. The molecule has 1 aromatic carbocycles. The first-order valence-electron chi connectivity index (χ1n) is 9.84. The molecule has 5 heteroatoms. The summed E-state index contributed by atoms with van der Waals surface area (Å²) in [5.74, 6) is 0.0749. The summed E-state index contributed by atoms with van der Waals surface area (Å²) in [4.78, 5) is 24.1. The van der Waals surface area contributed by atoms with Gasteiger partial charge in [-0.1, -0.05) is 42.5 Å². The average Bonchev–Trinajstić information content (AvgIpc) is 3.16. The molecule has 0 aliphatic rings. The second-order valence-electron chi connectivity index (χ2n) is 7.20. The van der Waals surface area contributed by atoms with Crippen molar-refractivity contribution in [3.63, 3.8) is 0 Å². The molecule has 0 spiro atoms. The van der Waals surface area contributed by atoms with Gasteiger partial charge < -0.3 is 9.30 Å². The SMILES string of the molecule is Cc1cccn2cc(CC(=O)N(CCc3ccccn3)Cc3ccccc3)nc12. The number of rotatable bonds is 7. The van der Waals surface area contributed by atoms with Crippen LogP contribution in [-0.4, -0.2) is 31.7 Å². The fourth-order valence-electron chi connectivity index (χ4n) is 3.45. The zero-order chi connectivity index (χ0) is 20.1. The Hall–Kier alpha value is -3.47. The lowest BCUT2D eigenvalue weighted by Crippen LogP contribution is -2.33. The third-order valence-corrected chi connectivity index (χ3v) is 4.99. The Morgan fingerprint density at radius 2 is 1.83 bits per heavy atom. The van der Waals surface area contributed by atoms with Crippen molar-refractivity contribution >= 4 is 11.6 Å². The molecule has 0 saturated carbocycles. The summed E-state index contributed by atoms with van der Waals surface area (Å²) in [6.07, 6.45) is 6.71. The monoisotopic (exact) mass is 384 g/mol. The Bertz CT molecular complexity index is 1090. The van der Waals surface area contributed by atoms with E-state index in [1.165, 1.54) is 0 Å².